The third-order valence-electron chi connectivity index (χ3n) is 4.67. The molecule has 0 bridgehead atoms. The number of nitrogens with one attached hydrogen (secondary N) is 1. The normalized spacial score (nSPS) is 11.9. The summed E-state index contributed by atoms with van der Waals surface area (Å²) in [6, 6.07) is 19.8. The average Bonchev–Trinajstić information content (AvgIpc) is 2.80. The summed E-state index contributed by atoms with van der Waals surface area (Å²) >= 11 is 0. The number of carbonyl (C=O) groups is 4. The number of para-hydroxylation sites is 1. The summed E-state index contributed by atoms with van der Waals surface area (Å²) in [5.41, 5.74) is 1.51. The summed E-state index contributed by atoms with van der Waals surface area (Å²) in [7, 11) is 0. The molecule has 0 unspecified atom stereocenters. The molecule has 1 aliphatic rings. The molecule has 0 fully saturated rings. The molecule has 0 spiro atoms. The maximum atomic E-state index is 12.7. The molecule has 0 aromatic heterocycles. The first-order valence-corrected chi connectivity index (χ1v) is 9.49. The Labute approximate surface area is 177 Å². The van der Waals surface area contributed by atoms with Crippen LogP contribution in [0.1, 0.15) is 31.8 Å². The Bertz CT molecular complexity index is 1190. The number of rotatable bonds is 6. The molecule has 0 saturated heterocycles. The minimum Gasteiger partial charge on any atom is -0.482 e. The first-order chi connectivity index (χ1) is 15.0. The topological polar surface area (TPSA) is 98.8 Å². The summed E-state index contributed by atoms with van der Waals surface area (Å²) in [5.74, 6) is -1.29. The zero-order chi connectivity index (χ0) is 21.8. The molecular formula is C24H17NO6. The lowest BCUT2D eigenvalue weighted by atomic mass is 9.84. The van der Waals surface area contributed by atoms with Crippen molar-refractivity contribution in [1.29, 1.82) is 0 Å². The largest absolute Gasteiger partial charge is 0.482 e. The number of ether oxygens (including phenoxy) is 2. The molecule has 0 radical (unpaired) electrons. The van der Waals surface area contributed by atoms with Crippen LogP contribution in [0.5, 0.6) is 5.75 Å². The number of amides is 1. The van der Waals surface area contributed by atoms with E-state index in [4.69, 9.17) is 9.47 Å². The van der Waals surface area contributed by atoms with E-state index >= 15 is 0 Å². The molecule has 4 rings (SSSR count). The lowest BCUT2D eigenvalue weighted by Crippen LogP contribution is -2.24. The minimum absolute atomic E-state index is 0.217. The van der Waals surface area contributed by atoms with Gasteiger partial charge >= 0.3 is 5.97 Å². The summed E-state index contributed by atoms with van der Waals surface area (Å²) < 4.78 is 10.2. The van der Waals surface area contributed by atoms with Gasteiger partial charge in [-0.2, -0.15) is 0 Å². The number of esters is 1. The molecule has 1 amide bonds. The van der Waals surface area contributed by atoms with Crippen LogP contribution >= 0.6 is 0 Å². The third-order valence-corrected chi connectivity index (χ3v) is 4.67. The molecule has 1 N–H and O–H groups in total. The fourth-order valence-corrected chi connectivity index (χ4v) is 3.22. The van der Waals surface area contributed by atoms with Gasteiger partial charge in [0.1, 0.15) is 5.75 Å². The van der Waals surface area contributed by atoms with Crippen LogP contribution in [0.15, 0.2) is 72.8 Å². The van der Waals surface area contributed by atoms with Gasteiger partial charge in [-0.1, -0.05) is 42.5 Å². The Morgan fingerprint density at radius 2 is 1.32 bits per heavy atom. The smallest absolute Gasteiger partial charge is 0.344 e. The molecule has 31 heavy (non-hydrogen) atoms. The van der Waals surface area contributed by atoms with E-state index in [1.165, 1.54) is 18.2 Å². The van der Waals surface area contributed by atoms with Gasteiger partial charge in [0, 0.05) is 27.9 Å². The molecule has 7 heteroatoms. The second-order valence-electron chi connectivity index (χ2n) is 6.77. The van der Waals surface area contributed by atoms with Gasteiger partial charge in [-0.25, -0.2) is 4.79 Å². The quantitative estimate of drug-likeness (QED) is 0.486. The molecule has 1 aliphatic carbocycles. The zero-order valence-corrected chi connectivity index (χ0v) is 16.3. The van der Waals surface area contributed by atoms with Gasteiger partial charge in [0.2, 0.25) is 0 Å². The average molecular weight is 415 g/mol. The third kappa shape index (κ3) is 4.35. The summed E-state index contributed by atoms with van der Waals surface area (Å²) in [6.45, 7) is -0.837. The second kappa shape index (κ2) is 8.62. The van der Waals surface area contributed by atoms with E-state index in [2.05, 4.69) is 5.32 Å². The van der Waals surface area contributed by atoms with Gasteiger partial charge in [-0.3, -0.25) is 14.4 Å². The van der Waals surface area contributed by atoms with E-state index in [-0.39, 0.29) is 29.3 Å². The Morgan fingerprint density at radius 1 is 0.710 bits per heavy atom. The number of ketones is 2. The molecule has 0 saturated carbocycles. The van der Waals surface area contributed by atoms with Crippen molar-refractivity contribution >= 4 is 29.1 Å². The number of hydrogen-bond donors (Lipinski definition) is 1. The summed E-state index contributed by atoms with van der Waals surface area (Å²) in [4.78, 5) is 49.2. The number of benzene rings is 3. The molecule has 0 aliphatic heterocycles. The number of carbonyl (C=O) groups excluding carboxylic acids is 4. The Balaban J connectivity index is 1.36. The maximum Gasteiger partial charge on any atom is 0.344 e. The van der Waals surface area contributed by atoms with Crippen molar-refractivity contribution in [2.24, 2.45) is 0 Å². The standard InChI is InChI=1S/C24H17NO6/c26-21(13-31-22(27)14-30-16-6-2-1-3-7-16)25-15-10-11-19-20(12-15)24(29)18-9-5-4-8-17(18)23(19)28/h1-12H,13-14H2,(H,25,26). The van der Waals surface area contributed by atoms with E-state index in [9.17, 15) is 19.2 Å². The molecule has 154 valence electrons. The van der Waals surface area contributed by atoms with E-state index < -0.39 is 18.5 Å². The van der Waals surface area contributed by atoms with E-state index in [1.54, 1.807) is 48.5 Å². The van der Waals surface area contributed by atoms with Crippen LogP contribution < -0.4 is 10.1 Å². The lowest BCUT2D eigenvalue weighted by Gasteiger charge is -2.18. The van der Waals surface area contributed by atoms with Crippen LogP contribution in [0.2, 0.25) is 0 Å². The van der Waals surface area contributed by atoms with E-state index in [0.717, 1.165) is 0 Å². The SMILES string of the molecule is O=C(COC(=O)COc1ccccc1)Nc1ccc2c(c1)C(=O)c1ccccc1C2=O. The molecule has 0 atom stereocenters. The van der Waals surface area contributed by atoms with Crippen molar-refractivity contribution in [3.05, 3.63) is 95.1 Å². The number of hydrogen-bond acceptors (Lipinski definition) is 6. The Morgan fingerprint density at radius 3 is 2.03 bits per heavy atom. The van der Waals surface area contributed by atoms with Crippen LogP contribution in [0.4, 0.5) is 5.69 Å². The van der Waals surface area contributed by atoms with Gasteiger partial charge in [0.15, 0.2) is 24.8 Å². The zero-order valence-electron chi connectivity index (χ0n) is 16.3. The second-order valence-corrected chi connectivity index (χ2v) is 6.77. The molecule has 7 nitrogen and oxygen atoms in total. The Kier molecular flexibility index (Phi) is 5.57. The minimum atomic E-state index is -0.693. The van der Waals surface area contributed by atoms with Crippen molar-refractivity contribution in [1.82, 2.24) is 0 Å². The van der Waals surface area contributed by atoms with Crippen molar-refractivity contribution in [3.8, 4) is 5.75 Å². The fourth-order valence-electron chi connectivity index (χ4n) is 3.22. The van der Waals surface area contributed by atoms with Crippen molar-refractivity contribution < 1.29 is 28.7 Å². The lowest BCUT2D eigenvalue weighted by molar-refractivity contribution is -0.149. The molecule has 3 aromatic carbocycles. The highest BCUT2D eigenvalue weighted by Crippen LogP contribution is 2.29. The van der Waals surface area contributed by atoms with E-state index in [1.807, 2.05) is 6.07 Å². The first kappa shape index (κ1) is 20.0. The molecule has 0 heterocycles. The van der Waals surface area contributed by atoms with Crippen LogP contribution in [-0.2, 0) is 14.3 Å². The van der Waals surface area contributed by atoms with E-state index in [0.29, 0.717) is 22.6 Å². The van der Waals surface area contributed by atoms with Crippen LogP contribution in [-0.4, -0.2) is 36.7 Å². The monoisotopic (exact) mass is 415 g/mol. The summed E-state index contributed by atoms with van der Waals surface area (Å²) in [5, 5.41) is 2.56. The molecular weight excluding hydrogens is 398 g/mol. The first-order valence-electron chi connectivity index (χ1n) is 9.49. The van der Waals surface area contributed by atoms with Crippen molar-refractivity contribution in [3.63, 3.8) is 0 Å². The van der Waals surface area contributed by atoms with Crippen LogP contribution in [0.3, 0.4) is 0 Å². The highest BCUT2D eigenvalue weighted by molar-refractivity contribution is 6.28. The number of fused-ring (bicyclic) bond motifs is 2. The fraction of sp³-hybridized carbons (Fsp3) is 0.0833. The van der Waals surface area contributed by atoms with Gasteiger partial charge in [0.05, 0.1) is 0 Å². The highest BCUT2D eigenvalue weighted by atomic mass is 16.6. The van der Waals surface area contributed by atoms with Crippen LogP contribution in [0, 0.1) is 0 Å². The predicted molar refractivity (Wildman–Crippen MR) is 111 cm³/mol. The van der Waals surface area contributed by atoms with Crippen molar-refractivity contribution in [2.45, 2.75) is 0 Å². The van der Waals surface area contributed by atoms with Gasteiger partial charge < -0.3 is 14.8 Å². The number of anilines is 1. The summed E-state index contributed by atoms with van der Waals surface area (Å²) in [6.07, 6.45) is 0. The van der Waals surface area contributed by atoms with Crippen LogP contribution in [0.25, 0.3) is 0 Å². The van der Waals surface area contributed by atoms with Crippen molar-refractivity contribution in [2.75, 3.05) is 18.5 Å². The van der Waals surface area contributed by atoms with Gasteiger partial charge in [-0.05, 0) is 30.3 Å². The predicted octanol–water partition coefficient (Wildman–Crippen LogP) is 3.02. The molecule has 3 aromatic rings. The Hall–Kier alpha value is -4.26. The maximum absolute atomic E-state index is 12.7. The highest BCUT2D eigenvalue weighted by Gasteiger charge is 2.29. The van der Waals surface area contributed by atoms with Gasteiger partial charge in [0.25, 0.3) is 5.91 Å². The van der Waals surface area contributed by atoms with Gasteiger partial charge in [-0.15, -0.1) is 0 Å².